The molecule has 0 spiro atoms. The van der Waals surface area contributed by atoms with Crippen molar-refractivity contribution in [2.24, 2.45) is 17.8 Å². The van der Waals surface area contributed by atoms with Crippen LogP contribution < -0.4 is 0 Å². The van der Waals surface area contributed by atoms with E-state index in [0.29, 0.717) is 5.92 Å². The summed E-state index contributed by atoms with van der Waals surface area (Å²) in [5.74, 6) is 2.13. The molecule has 1 fully saturated rings. The van der Waals surface area contributed by atoms with Gasteiger partial charge in [-0.15, -0.1) is 0 Å². The molecule has 1 heteroatoms. The van der Waals surface area contributed by atoms with Gasteiger partial charge < -0.3 is 5.11 Å². The van der Waals surface area contributed by atoms with E-state index < -0.39 is 0 Å². The normalized spacial score (nSPS) is 27.1. The summed E-state index contributed by atoms with van der Waals surface area (Å²) in [4.78, 5) is 0. The number of aliphatic hydroxyl groups is 1. The van der Waals surface area contributed by atoms with Crippen molar-refractivity contribution in [3.05, 3.63) is 35.9 Å². The van der Waals surface area contributed by atoms with Gasteiger partial charge in [-0.05, 0) is 49.0 Å². The highest BCUT2D eigenvalue weighted by Gasteiger charge is 2.28. The van der Waals surface area contributed by atoms with Gasteiger partial charge in [0.15, 0.2) is 0 Å². The fraction of sp³-hybridized carbons (Fsp3) is 0.625. The van der Waals surface area contributed by atoms with E-state index >= 15 is 0 Å². The summed E-state index contributed by atoms with van der Waals surface area (Å²) in [5.41, 5.74) is 1.08. The molecule has 1 nitrogen and oxygen atoms in total. The lowest BCUT2D eigenvalue weighted by Crippen LogP contribution is -2.22. The molecule has 1 atom stereocenters. The lowest BCUT2D eigenvalue weighted by molar-refractivity contribution is 0.0668. The zero-order chi connectivity index (χ0) is 12.3. The van der Waals surface area contributed by atoms with Crippen molar-refractivity contribution >= 4 is 0 Å². The second-order valence-corrected chi connectivity index (χ2v) is 5.77. The monoisotopic (exact) mass is 232 g/mol. The summed E-state index contributed by atoms with van der Waals surface area (Å²) in [5, 5.41) is 10.4. The van der Waals surface area contributed by atoms with Crippen molar-refractivity contribution < 1.29 is 5.11 Å². The van der Waals surface area contributed by atoms with E-state index in [9.17, 15) is 5.11 Å². The lowest BCUT2D eigenvalue weighted by Gasteiger charge is -2.33. The quantitative estimate of drug-likeness (QED) is 0.828. The molecule has 1 saturated carbocycles. The SMILES string of the molecule is CC(C)C1CCC(C(O)c2ccccc2)CC1. The summed E-state index contributed by atoms with van der Waals surface area (Å²) in [6.07, 6.45) is 4.67. The molecular weight excluding hydrogens is 208 g/mol. The maximum Gasteiger partial charge on any atom is 0.0818 e. The molecule has 1 aliphatic carbocycles. The Labute approximate surface area is 105 Å². The van der Waals surface area contributed by atoms with Crippen molar-refractivity contribution in [3.63, 3.8) is 0 Å². The average molecular weight is 232 g/mol. The Morgan fingerprint density at radius 2 is 1.47 bits per heavy atom. The first-order chi connectivity index (χ1) is 8.18. The first-order valence-corrected chi connectivity index (χ1v) is 6.91. The van der Waals surface area contributed by atoms with Gasteiger partial charge in [-0.3, -0.25) is 0 Å². The Balaban J connectivity index is 1.93. The Hall–Kier alpha value is -0.820. The molecule has 1 aromatic rings. The molecule has 1 aromatic carbocycles. The van der Waals surface area contributed by atoms with Crippen LogP contribution in [0.5, 0.6) is 0 Å². The van der Waals surface area contributed by atoms with E-state index in [4.69, 9.17) is 0 Å². The highest BCUT2D eigenvalue weighted by Crippen LogP contribution is 2.39. The molecule has 0 amide bonds. The van der Waals surface area contributed by atoms with Crippen molar-refractivity contribution in [1.29, 1.82) is 0 Å². The van der Waals surface area contributed by atoms with Crippen molar-refractivity contribution in [2.75, 3.05) is 0 Å². The van der Waals surface area contributed by atoms with Gasteiger partial charge in [0.05, 0.1) is 6.10 Å². The minimum absolute atomic E-state index is 0.260. The summed E-state index contributed by atoms with van der Waals surface area (Å²) in [7, 11) is 0. The molecule has 0 saturated heterocycles. The van der Waals surface area contributed by atoms with E-state index in [-0.39, 0.29) is 6.10 Å². The van der Waals surface area contributed by atoms with Crippen molar-refractivity contribution in [2.45, 2.75) is 45.6 Å². The van der Waals surface area contributed by atoms with Crippen LogP contribution in [-0.4, -0.2) is 5.11 Å². The van der Waals surface area contributed by atoms with E-state index in [1.54, 1.807) is 0 Å². The second-order valence-electron chi connectivity index (χ2n) is 5.77. The molecule has 1 unspecified atom stereocenters. The van der Waals surface area contributed by atoms with Gasteiger partial charge in [-0.1, -0.05) is 44.2 Å². The summed E-state index contributed by atoms with van der Waals surface area (Å²) in [6, 6.07) is 10.1. The van der Waals surface area contributed by atoms with Gasteiger partial charge in [0.1, 0.15) is 0 Å². The highest BCUT2D eigenvalue weighted by atomic mass is 16.3. The van der Waals surface area contributed by atoms with Crippen LogP contribution in [0, 0.1) is 17.8 Å². The standard InChI is InChI=1S/C16H24O/c1-12(2)13-8-10-15(11-9-13)16(17)14-6-4-3-5-7-14/h3-7,12-13,15-17H,8-11H2,1-2H3. The number of hydrogen-bond acceptors (Lipinski definition) is 1. The highest BCUT2D eigenvalue weighted by molar-refractivity contribution is 5.18. The van der Waals surface area contributed by atoms with Crippen LogP contribution in [0.3, 0.4) is 0 Å². The first kappa shape index (κ1) is 12.6. The number of hydrogen-bond donors (Lipinski definition) is 1. The van der Waals surface area contributed by atoms with E-state index in [0.717, 1.165) is 17.4 Å². The maximum absolute atomic E-state index is 10.4. The van der Waals surface area contributed by atoms with Gasteiger partial charge in [-0.25, -0.2) is 0 Å². The third-order valence-electron chi connectivity index (χ3n) is 4.35. The van der Waals surface area contributed by atoms with Crippen molar-refractivity contribution in [1.82, 2.24) is 0 Å². The summed E-state index contributed by atoms with van der Waals surface area (Å²) < 4.78 is 0. The van der Waals surface area contributed by atoms with Crippen LogP contribution in [0.4, 0.5) is 0 Å². The van der Waals surface area contributed by atoms with Crippen LogP contribution in [0.15, 0.2) is 30.3 Å². The summed E-state index contributed by atoms with van der Waals surface area (Å²) in [6.45, 7) is 4.64. The Morgan fingerprint density at radius 3 is 2.00 bits per heavy atom. The zero-order valence-corrected chi connectivity index (χ0v) is 11.0. The molecular formula is C16H24O. The topological polar surface area (TPSA) is 20.2 Å². The van der Waals surface area contributed by atoms with Crippen LogP contribution in [0.25, 0.3) is 0 Å². The third kappa shape index (κ3) is 3.10. The number of benzene rings is 1. The Kier molecular flexibility index (Phi) is 4.22. The van der Waals surface area contributed by atoms with Gasteiger partial charge in [-0.2, -0.15) is 0 Å². The molecule has 0 aromatic heterocycles. The molecule has 0 bridgehead atoms. The largest absolute Gasteiger partial charge is 0.388 e. The molecule has 17 heavy (non-hydrogen) atoms. The van der Waals surface area contributed by atoms with Crippen molar-refractivity contribution in [3.8, 4) is 0 Å². The van der Waals surface area contributed by atoms with Crippen LogP contribution in [0.2, 0.25) is 0 Å². The van der Waals surface area contributed by atoms with E-state index in [2.05, 4.69) is 13.8 Å². The van der Waals surface area contributed by atoms with Crippen LogP contribution >= 0.6 is 0 Å². The van der Waals surface area contributed by atoms with Gasteiger partial charge in [0.2, 0.25) is 0 Å². The second kappa shape index (κ2) is 5.68. The lowest BCUT2D eigenvalue weighted by atomic mass is 9.74. The van der Waals surface area contributed by atoms with Gasteiger partial charge in [0.25, 0.3) is 0 Å². The number of rotatable bonds is 3. The molecule has 0 heterocycles. The molecule has 0 aliphatic heterocycles. The average Bonchev–Trinajstić information content (AvgIpc) is 2.39. The predicted octanol–water partition coefficient (Wildman–Crippen LogP) is 4.18. The van der Waals surface area contributed by atoms with Gasteiger partial charge in [0, 0.05) is 0 Å². The van der Waals surface area contributed by atoms with Gasteiger partial charge >= 0.3 is 0 Å². The first-order valence-electron chi connectivity index (χ1n) is 6.91. The molecule has 1 N–H and O–H groups in total. The Morgan fingerprint density at radius 1 is 0.941 bits per heavy atom. The zero-order valence-electron chi connectivity index (χ0n) is 11.0. The fourth-order valence-corrected chi connectivity index (χ4v) is 3.05. The van der Waals surface area contributed by atoms with Crippen LogP contribution in [0.1, 0.15) is 51.2 Å². The third-order valence-corrected chi connectivity index (χ3v) is 4.35. The molecule has 0 radical (unpaired) electrons. The van der Waals surface area contributed by atoms with Crippen LogP contribution in [-0.2, 0) is 0 Å². The number of aliphatic hydroxyl groups excluding tert-OH is 1. The minimum atomic E-state index is -0.260. The molecule has 1 aliphatic rings. The minimum Gasteiger partial charge on any atom is -0.388 e. The molecule has 2 rings (SSSR count). The molecule has 94 valence electrons. The van der Waals surface area contributed by atoms with E-state index in [1.807, 2.05) is 30.3 Å². The smallest absolute Gasteiger partial charge is 0.0818 e. The Bertz CT molecular complexity index is 323. The van der Waals surface area contributed by atoms with E-state index in [1.165, 1.54) is 25.7 Å². The predicted molar refractivity (Wildman–Crippen MR) is 71.7 cm³/mol. The maximum atomic E-state index is 10.4. The fourth-order valence-electron chi connectivity index (χ4n) is 3.05. The summed E-state index contributed by atoms with van der Waals surface area (Å²) >= 11 is 0.